The van der Waals surface area contributed by atoms with Crippen LogP contribution in [0.4, 0.5) is 0 Å². The van der Waals surface area contributed by atoms with Gasteiger partial charge in [0.1, 0.15) is 5.75 Å². The Balaban J connectivity index is 1.71. The van der Waals surface area contributed by atoms with Crippen LogP contribution in [0.15, 0.2) is 29.2 Å². The molecule has 1 aromatic rings. The van der Waals surface area contributed by atoms with Gasteiger partial charge < -0.3 is 9.64 Å². The van der Waals surface area contributed by atoms with Crippen molar-refractivity contribution in [1.29, 1.82) is 0 Å². The number of nitrogens with zero attached hydrogens (tertiary/aromatic N) is 1. The zero-order valence-corrected chi connectivity index (χ0v) is 14.5. The Hall–Kier alpha value is -1.56. The van der Waals surface area contributed by atoms with Crippen LogP contribution in [0, 0.1) is 0 Å². The third kappa shape index (κ3) is 5.86. The van der Waals surface area contributed by atoms with Crippen LogP contribution in [0.25, 0.3) is 0 Å². The van der Waals surface area contributed by atoms with Crippen LogP contribution in [-0.2, 0) is 14.6 Å². The van der Waals surface area contributed by atoms with Crippen molar-refractivity contribution in [3.63, 3.8) is 0 Å². The van der Waals surface area contributed by atoms with E-state index in [1.807, 2.05) is 4.90 Å². The zero-order chi connectivity index (χ0) is 16.7. The summed E-state index contributed by atoms with van der Waals surface area (Å²) in [7, 11) is -3.18. The number of hydrogen-bond acceptors (Lipinski definition) is 4. The van der Waals surface area contributed by atoms with Crippen LogP contribution in [-0.4, -0.2) is 45.2 Å². The molecule has 1 saturated heterocycles. The van der Waals surface area contributed by atoms with E-state index in [2.05, 4.69) is 0 Å². The van der Waals surface area contributed by atoms with Gasteiger partial charge in [-0.25, -0.2) is 8.42 Å². The van der Waals surface area contributed by atoms with Crippen molar-refractivity contribution in [1.82, 2.24) is 4.90 Å². The number of benzene rings is 1. The minimum Gasteiger partial charge on any atom is -0.494 e. The van der Waals surface area contributed by atoms with Crippen molar-refractivity contribution in [2.24, 2.45) is 0 Å². The highest BCUT2D eigenvalue weighted by atomic mass is 32.2. The lowest BCUT2D eigenvalue weighted by atomic mass is 10.2. The van der Waals surface area contributed by atoms with Gasteiger partial charge in [0, 0.05) is 25.8 Å². The zero-order valence-electron chi connectivity index (χ0n) is 13.7. The normalized spacial score (nSPS) is 16.0. The topological polar surface area (TPSA) is 63.7 Å². The average molecular weight is 339 g/mol. The molecule has 5 nitrogen and oxygen atoms in total. The fourth-order valence-electron chi connectivity index (χ4n) is 2.67. The van der Waals surface area contributed by atoms with Gasteiger partial charge in [-0.15, -0.1) is 0 Å². The summed E-state index contributed by atoms with van der Waals surface area (Å²) in [5.41, 5.74) is 0. The Labute approximate surface area is 138 Å². The van der Waals surface area contributed by atoms with Crippen LogP contribution < -0.4 is 4.74 Å². The second-order valence-electron chi connectivity index (χ2n) is 5.99. The Morgan fingerprint density at radius 3 is 2.26 bits per heavy atom. The van der Waals surface area contributed by atoms with Gasteiger partial charge in [0.2, 0.25) is 5.91 Å². The van der Waals surface area contributed by atoms with Gasteiger partial charge in [-0.3, -0.25) is 4.79 Å². The van der Waals surface area contributed by atoms with Crippen molar-refractivity contribution in [3.05, 3.63) is 24.3 Å². The lowest BCUT2D eigenvalue weighted by molar-refractivity contribution is -0.131. The van der Waals surface area contributed by atoms with Gasteiger partial charge in [-0.1, -0.05) is 12.8 Å². The molecule has 1 heterocycles. The molecule has 6 heteroatoms. The summed E-state index contributed by atoms with van der Waals surface area (Å²) < 4.78 is 28.3. The van der Waals surface area contributed by atoms with Crippen LogP contribution in [0.3, 0.4) is 0 Å². The van der Waals surface area contributed by atoms with E-state index in [4.69, 9.17) is 4.74 Å². The quantitative estimate of drug-likeness (QED) is 0.748. The number of amides is 1. The third-order valence-corrected chi connectivity index (χ3v) is 5.14. The molecule has 0 bridgehead atoms. The standard InChI is InChI=1S/C17H25NO4S/c1-23(20,21)16-10-8-15(9-11-16)22-14-6-7-17(19)18-12-4-2-3-5-13-18/h8-11H,2-7,12-14H2,1H3. The van der Waals surface area contributed by atoms with E-state index in [0.717, 1.165) is 25.9 Å². The van der Waals surface area contributed by atoms with Gasteiger partial charge in [-0.05, 0) is 43.5 Å². The molecule has 23 heavy (non-hydrogen) atoms. The van der Waals surface area contributed by atoms with E-state index in [-0.39, 0.29) is 10.8 Å². The molecule has 1 aromatic carbocycles. The van der Waals surface area contributed by atoms with E-state index < -0.39 is 9.84 Å². The fourth-order valence-corrected chi connectivity index (χ4v) is 3.31. The van der Waals surface area contributed by atoms with Crippen molar-refractivity contribution in [2.75, 3.05) is 26.0 Å². The molecule has 1 fully saturated rings. The molecule has 1 aliphatic rings. The second kappa shape index (κ2) is 8.34. The molecule has 1 amide bonds. The van der Waals surface area contributed by atoms with E-state index in [9.17, 15) is 13.2 Å². The number of ether oxygens (including phenoxy) is 1. The SMILES string of the molecule is CS(=O)(=O)c1ccc(OCCCC(=O)N2CCCCCC2)cc1. The Bertz CT molecular complexity index is 602. The minimum absolute atomic E-state index is 0.211. The molecular weight excluding hydrogens is 314 g/mol. The maximum atomic E-state index is 12.1. The molecule has 0 aliphatic carbocycles. The van der Waals surface area contributed by atoms with Gasteiger partial charge in [0.05, 0.1) is 11.5 Å². The first kappa shape index (κ1) is 17.8. The van der Waals surface area contributed by atoms with E-state index in [1.54, 1.807) is 12.1 Å². The molecular formula is C17H25NO4S. The molecule has 2 rings (SSSR count). The van der Waals surface area contributed by atoms with Crippen molar-refractivity contribution in [3.8, 4) is 5.75 Å². The number of carbonyl (C=O) groups is 1. The van der Waals surface area contributed by atoms with Gasteiger partial charge in [0.25, 0.3) is 0 Å². The van der Waals surface area contributed by atoms with Gasteiger partial charge in [0.15, 0.2) is 9.84 Å². The first-order chi connectivity index (χ1) is 11.0. The number of hydrogen-bond donors (Lipinski definition) is 0. The molecule has 0 N–H and O–H groups in total. The smallest absolute Gasteiger partial charge is 0.222 e. The minimum atomic E-state index is -3.18. The van der Waals surface area contributed by atoms with Crippen LogP contribution >= 0.6 is 0 Å². The lowest BCUT2D eigenvalue weighted by Crippen LogP contribution is -2.31. The summed E-state index contributed by atoms with van der Waals surface area (Å²) in [5.74, 6) is 0.836. The fraction of sp³-hybridized carbons (Fsp3) is 0.588. The molecule has 0 radical (unpaired) electrons. The summed E-state index contributed by atoms with van der Waals surface area (Å²) in [5, 5.41) is 0. The molecule has 0 spiro atoms. The number of sulfone groups is 1. The highest BCUT2D eigenvalue weighted by molar-refractivity contribution is 7.90. The van der Waals surface area contributed by atoms with E-state index in [0.29, 0.717) is 25.2 Å². The predicted octanol–water partition coefficient (Wildman–Crippen LogP) is 2.65. The molecule has 1 aliphatic heterocycles. The summed E-state index contributed by atoms with van der Waals surface area (Å²) in [6, 6.07) is 6.36. The predicted molar refractivity (Wildman–Crippen MR) is 89.3 cm³/mol. The Morgan fingerprint density at radius 1 is 1.09 bits per heavy atom. The number of carbonyl (C=O) groups excluding carboxylic acids is 1. The highest BCUT2D eigenvalue weighted by Crippen LogP contribution is 2.16. The van der Waals surface area contributed by atoms with E-state index >= 15 is 0 Å². The molecule has 0 atom stereocenters. The number of rotatable bonds is 6. The Kier molecular flexibility index (Phi) is 6.45. The highest BCUT2D eigenvalue weighted by Gasteiger charge is 2.14. The summed E-state index contributed by atoms with van der Waals surface area (Å²) in [6.45, 7) is 2.22. The summed E-state index contributed by atoms with van der Waals surface area (Å²) in [4.78, 5) is 14.4. The third-order valence-electron chi connectivity index (χ3n) is 4.01. The van der Waals surface area contributed by atoms with Crippen molar-refractivity contribution >= 4 is 15.7 Å². The summed E-state index contributed by atoms with van der Waals surface area (Å²) >= 11 is 0. The Morgan fingerprint density at radius 2 is 1.70 bits per heavy atom. The van der Waals surface area contributed by atoms with Crippen molar-refractivity contribution in [2.45, 2.75) is 43.4 Å². The first-order valence-electron chi connectivity index (χ1n) is 8.17. The van der Waals surface area contributed by atoms with Crippen LogP contribution in [0.5, 0.6) is 5.75 Å². The summed E-state index contributed by atoms with van der Waals surface area (Å²) in [6.07, 6.45) is 7.00. The van der Waals surface area contributed by atoms with E-state index in [1.165, 1.54) is 31.2 Å². The largest absolute Gasteiger partial charge is 0.494 e. The van der Waals surface area contributed by atoms with Crippen molar-refractivity contribution < 1.29 is 17.9 Å². The molecule has 0 unspecified atom stereocenters. The monoisotopic (exact) mass is 339 g/mol. The van der Waals surface area contributed by atoms with Gasteiger partial charge in [-0.2, -0.15) is 0 Å². The first-order valence-corrected chi connectivity index (χ1v) is 10.1. The maximum Gasteiger partial charge on any atom is 0.222 e. The second-order valence-corrected chi connectivity index (χ2v) is 8.01. The maximum absolute atomic E-state index is 12.1. The van der Waals surface area contributed by atoms with Crippen LogP contribution in [0.1, 0.15) is 38.5 Å². The molecule has 0 aromatic heterocycles. The van der Waals surface area contributed by atoms with Gasteiger partial charge >= 0.3 is 0 Å². The molecule has 128 valence electrons. The number of likely N-dealkylation sites (tertiary alicyclic amines) is 1. The average Bonchev–Trinajstić information content (AvgIpc) is 2.80. The van der Waals surface area contributed by atoms with Crippen LogP contribution in [0.2, 0.25) is 0 Å². The lowest BCUT2D eigenvalue weighted by Gasteiger charge is -2.20. The molecule has 0 saturated carbocycles.